The summed E-state index contributed by atoms with van der Waals surface area (Å²) < 4.78 is 12.7. The predicted molar refractivity (Wildman–Crippen MR) is 48.8 cm³/mol. The van der Waals surface area contributed by atoms with Gasteiger partial charge in [-0.05, 0) is 24.7 Å². The van der Waals surface area contributed by atoms with E-state index in [-0.39, 0.29) is 24.4 Å². The first kappa shape index (κ1) is 9.67. The molecule has 1 aromatic carbocycles. The fourth-order valence-corrected chi connectivity index (χ4v) is 0.993. The number of rotatable bonds is 3. The lowest BCUT2D eigenvalue weighted by Gasteiger charge is -2.01. The third-order valence-corrected chi connectivity index (χ3v) is 1.69. The van der Waals surface area contributed by atoms with Crippen LogP contribution in [0, 0.1) is 5.82 Å². The molecule has 0 saturated heterocycles. The first-order valence-electron chi connectivity index (χ1n) is 3.93. The van der Waals surface area contributed by atoms with Crippen LogP contribution in [0.3, 0.4) is 0 Å². The molecule has 0 atom stereocenters. The highest BCUT2D eigenvalue weighted by atomic mass is 19.1. The summed E-state index contributed by atoms with van der Waals surface area (Å²) in [4.78, 5) is 11.3. The van der Waals surface area contributed by atoms with Gasteiger partial charge in [0.25, 0.3) is 0 Å². The van der Waals surface area contributed by atoms with Crippen molar-refractivity contribution < 1.29 is 9.18 Å². The largest absolute Gasteiger partial charge is 0.396 e. The van der Waals surface area contributed by atoms with E-state index in [0.717, 1.165) is 0 Å². The first-order chi connectivity index (χ1) is 6.15. The number of hydrogen-bond acceptors (Lipinski definition) is 3. The van der Waals surface area contributed by atoms with Crippen LogP contribution in [-0.4, -0.2) is 12.3 Å². The molecule has 4 N–H and O–H groups in total. The molecule has 3 nitrogen and oxygen atoms in total. The van der Waals surface area contributed by atoms with Crippen molar-refractivity contribution in [2.75, 3.05) is 12.3 Å². The van der Waals surface area contributed by atoms with E-state index >= 15 is 0 Å². The lowest BCUT2D eigenvalue weighted by Crippen LogP contribution is -2.08. The highest BCUT2D eigenvalue weighted by Gasteiger charge is 2.06. The molecule has 0 aromatic heterocycles. The maximum absolute atomic E-state index is 12.7. The fourth-order valence-electron chi connectivity index (χ4n) is 0.993. The van der Waals surface area contributed by atoms with Crippen molar-refractivity contribution in [3.05, 3.63) is 29.6 Å². The Morgan fingerprint density at radius 3 is 2.69 bits per heavy atom. The van der Waals surface area contributed by atoms with Crippen molar-refractivity contribution >= 4 is 11.5 Å². The summed E-state index contributed by atoms with van der Waals surface area (Å²) in [7, 11) is 0. The third-order valence-electron chi connectivity index (χ3n) is 1.69. The van der Waals surface area contributed by atoms with Crippen molar-refractivity contribution in [2.45, 2.75) is 6.42 Å². The molecule has 0 saturated carbocycles. The normalized spacial score (nSPS) is 10.0. The number of carbonyl (C=O) groups is 1. The maximum atomic E-state index is 12.7. The van der Waals surface area contributed by atoms with E-state index in [0.29, 0.717) is 5.56 Å². The maximum Gasteiger partial charge on any atom is 0.164 e. The molecular weight excluding hydrogens is 171 g/mol. The van der Waals surface area contributed by atoms with E-state index in [1.807, 2.05) is 0 Å². The number of nitrogen functional groups attached to an aromatic ring is 1. The lowest BCUT2D eigenvalue weighted by atomic mass is 10.1. The molecular formula is C9H11FN2O. The number of ketones is 1. The Labute approximate surface area is 75.5 Å². The van der Waals surface area contributed by atoms with E-state index in [1.165, 1.54) is 18.2 Å². The molecule has 0 fully saturated rings. The summed E-state index contributed by atoms with van der Waals surface area (Å²) in [6.45, 7) is 0.288. The Morgan fingerprint density at radius 1 is 1.46 bits per heavy atom. The van der Waals surface area contributed by atoms with Crippen LogP contribution in [0.5, 0.6) is 0 Å². The quantitative estimate of drug-likeness (QED) is 0.540. The highest BCUT2D eigenvalue weighted by Crippen LogP contribution is 2.13. The smallest absolute Gasteiger partial charge is 0.164 e. The van der Waals surface area contributed by atoms with Crippen molar-refractivity contribution in [2.24, 2.45) is 5.73 Å². The van der Waals surface area contributed by atoms with Crippen LogP contribution in [0.4, 0.5) is 10.1 Å². The van der Waals surface area contributed by atoms with Gasteiger partial charge in [0.2, 0.25) is 0 Å². The Bertz CT molecular complexity index is 325. The van der Waals surface area contributed by atoms with Crippen molar-refractivity contribution in [1.29, 1.82) is 0 Å². The van der Waals surface area contributed by atoms with Crippen LogP contribution < -0.4 is 11.5 Å². The van der Waals surface area contributed by atoms with Gasteiger partial charge < -0.3 is 11.5 Å². The second kappa shape index (κ2) is 4.00. The molecule has 0 bridgehead atoms. The average Bonchev–Trinajstić information content (AvgIpc) is 2.10. The van der Waals surface area contributed by atoms with Crippen LogP contribution in [0.25, 0.3) is 0 Å². The number of nitrogens with two attached hydrogens (primary N) is 2. The first-order valence-corrected chi connectivity index (χ1v) is 3.93. The Balaban J connectivity index is 2.90. The summed E-state index contributed by atoms with van der Waals surface area (Å²) >= 11 is 0. The molecule has 70 valence electrons. The van der Waals surface area contributed by atoms with E-state index in [4.69, 9.17) is 11.5 Å². The standard InChI is InChI=1S/C9H11FN2O/c10-7-2-1-6(5-8(7)12)9(13)3-4-11/h1-2,5H,3-4,11-12H2. The molecule has 1 rings (SSSR count). The summed E-state index contributed by atoms with van der Waals surface area (Å²) in [5.41, 5.74) is 10.9. The minimum absolute atomic E-state index is 0.0112. The average molecular weight is 182 g/mol. The van der Waals surface area contributed by atoms with Crippen LogP contribution in [0.1, 0.15) is 16.8 Å². The minimum Gasteiger partial charge on any atom is -0.396 e. The molecule has 1 aromatic rings. The summed E-state index contributed by atoms with van der Waals surface area (Å²) in [6.07, 6.45) is 0.255. The van der Waals surface area contributed by atoms with Gasteiger partial charge in [0.05, 0.1) is 5.69 Å². The van der Waals surface area contributed by atoms with Gasteiger partial charge in [-0.2, -0.15) is 0 Å². The minimum atomic E-state index is -0.510. The molecule has 0 spiro atoms. The molecule has 0 aliphatic carbocycles. The Morgan fingerprint density at radius 2 is 2.15 bits per heavy atom. The van der Waals surface area contributed by atoms with E-state index in [2.05, 4.69) is 0 Å². The molecule has 0 heterocycles. The summed E-state index contributed by atoms with van der Waals surface area (Å²) in [5.74, 6) is -0.626. The topological polar surface area (TPSA) is 69.1 Å². The zero-order chi connectivity index (χ0) is 9.84. The molecule has 0 radical (unpaired) electrons. The third kappa shape index (κ3) is 2.26. The Hall–Kier alpha value is -1.42. The van der Waals surface area contributed by atoms with Crippen LogP contribution in [0.2, 0.25) is 0 Å². The second-order valence-corrected chi connectivity index (χ2v) is 2.70. The fraction of sp³-hybridized carbons (Fsp3) is 0.222. The lowest BCUT2D eigenvalue weighted by molar-refractivity contribution is 0.0985. The van der Waals surface area contributed by atoms with Gasteiger partial charge >= 0.3 is 0 Å². The van der Waals surface area contributed by atoms with Crippen LogP contribution in [-0.2, 0) is 0 Å². The van der Waals surface area contributed by atoms with Gasteiger partial charge in [-0.3, -0.25) is 4.79 Å². The number of halogens is 1. The van der Waals surface area contributed by atoms with E-state index < -0.39 is 5.82 Å². The molecule has 0 aliphatic heterocycles. The SMILES string of the molecule is NCCC(=O)c1ccc(F)c(N)c1. The van der Waals surface area contributed by atoms with Crippen molar-refractivity contribution in [1.82, 2.24) is 0 Å². The van der Waals surface area contributed by atoms with Gasteiger partial charge in [0.1, 0.15) is 5.82 Å². The summed E-state index contributed by atoms with van der Waals surface area (Å²) in [5, 5.41) is 0. The van der Waals surface area contributed by atoms with Gasteiger partial charge in [-0.25, -0.2) is 4.39 Å². The number of Topliss-reactive ketones (excluding diaryl/α,β-unsaturated/α-hetero) is 1. The Kier molecular flexibility index (Phi) is 2.97. The zero-order valence-corrected chi connectivity index (χ0v) is 7.09. The van der Waals surface area contributed by atoms with E-state index in [9.17, 15) is 9.18 Å². The van der Waals surface area contributed by atoms with Crippen LogP contribution in [0.15, 0.2) is 18.2 Å². The number of benzene rings is 1. The molecule has 0 unspecified atom stereocenters. The monoisotopic (exact) mass is 182 g/mol. The van der Waals surface area contributed by atoms with Gasteiger partial charge in [-0.1, -0.05) is 0 Å². The number of anilines is 1. The zero-order valence-electron chi connectivity index (χ0n) is 7.09. The molecule has 4 heteroatoms. The van der Waals surface area contributed by atoms with Crippen LogP contribution >= 0.6 is 0 Å². The highest BCUT2D eigenvalue weighted by molar-refractivity contribution is 5.96. The molecule has 13 heavy (non-hydrogen) atoms. The van der Waals surface area contributed by atoms with Crippen molar-refractivity contribution in [3.63, 3.8) is 0 Å². The second-order valence-electron chi connectivity index (χ2n) is 2.70. The van der Waals surface area contributed by atoms with Gasteiger partial charge in [0, 0.05) is 12.0 Å². The van der Waals surface area contributed by atoms with Gasteiger partial charge in [0.15, 0.2) is 5.78 Å². The van der Waals surface area contributed by atoms with E-state index in [1.54, 1.807) is 0 Å². The summed E-state index contributed by atoms with van der Waals surface area (Å²) in [6, 6.07) is 3.91. The number of hydrogen-bond donors (Lipinski definition) is 2. The molecule has 0 aliphatic rings. The predicted octanol–water partition coefficient (Wildman–Crippen LogP) is 0.939. The van der Waals surface area contributed by atoms with Gasteiger partial charge in [-0.15, -0.1) is 0 Å². The van der Waals surface area contributed by atoms with Crippen molar-refractivity contribution in [3.8, 4) is 0 Å². The molecule has 0 amide bonds. The number of carbonyl (C=O) groups excluding carboxylic acids is 1.